The number of nitrogens with one attached hydrogen (secondary N) is 1. The molecule has 1 aromatic rings. The first-order chi connectivity index (χ1) is 8.66. The minimum absolute atomic E-state index is 0.0369. The summed E-state index contributed by atoms with van der Waals surface area (Å²) in [5, 5.41) is 12.1. The number of carbonyl (C=O) groups is 1. The molecule has 18 heavy (non-hydrogen) atoms. The van der Waals surface area contributed by atoms with Crippen LogP contribution in [-0.2, 0) is 11.3 Å². The maximum absolute atomic E-state index is 13.3. The van der Waals surface area contributed by atoms with E-state index >= 15 is 0 Å². The van der Waals surface area contributed by atoms with Crippen LogP contribution in [0.5, 0.6) is 0 Å². The van der Waals surface area contributed by atoms with Gasteiger partial charge in [0.15, 0.2) is 0 Å². The van der Waals surface area contributed by atoms with Crippen LogP contribution in [0.3, 0.4) is 0 Å². The van der Waals surface area contributed by atoms with Crippen molar-refractivity contribution >= 4 is 5.91 Å². The summed E-state index contributed by atoms with van der Waals surface area (Å²) in [7, 11) is 0. The van der Waals surface area contributed by atoms with Crippen molar-refractivity contribution < 1.29 is 14.3 Å². The van der Waals surface area contributed by atoms with Crippen LogP contribution in [0, 0.1) is 11.7 Å². The summed E-state index contributed by atoms with van der Waals surface area (Å²) in [5.74, 6) is -0.373. The molecule has 0 aromatic heterocycles. The number of carbonyl (C=O) groups excluding carboxylic acids is 1. The molecule has 1 aliphatic carbocycles. The van der Waals surface area contributed by atoms with Crippen molar-refractivity contribution in [1.82, 2.24) is 5.32 Å². The summed E-state index contributed by atoms with van der Waals surface area (Å²) in [4.78, 5) is 11.9. The van der Waals surface area contributed by atoms with Crippen molar-refractivity contribution in [3.05, 3.63) is 35.6 Å². The van der Waals surface area contributed by atoms with Gasteiger partial charge in [-0.2, -0.15) is 0 Å². The second-order valence-corrected chi connectivity index (χ2v) is 4.81. The van der Waals surface area contributed by atoms with Gasteiger partial charge in [-0.15, -0.1) is 0 Å². The van der Waals surface area contributed by atoms with Crippen molar-refractivity contribution in [1.29, 1.82) is 0 Å². The molecule has 0 atom stereocenters. The number of benzene rings is 1. The van der Waals surface area contributed by atoms with Gasteiger partial charge in [0.05, 0.1) is 6.10 Å². The quantitative estimate of drug-likeness (QED) is 0.863. The van der Waals surface area contributed by atoms with Crippen molar-refractivity contribution in [3.8, 4) is 0 Å². The monoisotopic (exact) mass is 251 g/mol. The van der Waals surface area contributed by atoms with Crippen molar-refractivity contribution in [3.63, 3.8) is 0 Å². The van der Waals surface area contributed by atoms with E-state index in [0.29, 0.717) is 31.2 Å². The molecule has 0 bridgehead atoms. The van der Waals surface area contributed by atoms with Crippen LogP contribution in [0.4, 0.5) is 4.39 Å². The van der Waals surface area contributed by atoms with E-state index in [1.807, 2.05) is 0 Å². The third kappa shape index (κ3) is 3.29. The molecule has 1 amide bonds. The first kappa shape index (κ1) is 13.0. The van der Waals surface area contributed by atoms with Gasteiger partial charge in [-0.1, -0.05) is 18.2 Å². The zero-order valence-corrected chi connectivity index (χ0v) is 10.2. The Morgan fingerprint density at radius 2 is 1.94 bits per heavy atom. The van der Waals surface area contributed by atoms with Gasteiger partial charge in [0, 0.05) is 18.0 Å². The molecule has 1 fully saturated rings. The third-order valence-corrected chi connectivity index (χ3v) is 3.48. The normalized spacial score (nSPS) is 23.7. The lowest BCUT2D eigenvalue weighted by Gasteiger charge is -2.24. The molecular weight excluding hydrogens is 233 g/mol. The Morgan fingerprint density at radius 3 is 2.61 bits per heavy atom. The number of rotatable bonds is 3. The molecule has 0 saturated heterocycles. The Hall–Kier alpha value is -1.42. The molecule has 0 spiro atoms. The van der Waals surface area contributed by atoms with Crippen molar-refractivity contribution in [2.24, 2.45) is 5.92 Å². The molecule has 1 aliphatic rings. The highest BCUT2D eigenvalue weighted by atomic mass is 19.1. The third-order valence-electron chi connectivity index (χ3n) is 3.48. The minimum atomic E-state index is -0.295. The summed E-state index contributed by atoms with van der Waals surface area (Å²) in [6.45, 7) is 0.227. The molecular formula is C14H18FNO2. The second-order valence-electron chi connectivity index (χ2n) is 4.81. The summed E-state index contributed by atoms with van der Waals surface area (Å²) in [6, 6.07) is 6.43. The van der Waals surface area contributed by atoms with Crippen molar-refractivity contribution in [2.45, 2.75) is 38.3 Å². The lowest BCUT2D eigenvalue weighted by molar-refractivity contribution is -0.126. The molecule has 2 rings (SSSR count). The Bertz CT molecular complexity index is 414. The van der Waals surface area contributed by atoms with E-state index < -0.39 is 0 Å². The molecule has 2 N–H and O–H groups in total. The van der Waals surface area contributed by atoms with Crippen LogP contribution in [0.15, 0.2) is 24.3 Å². The Labute approximate surface area is 106 Å². The van der Waals surface area contributed by atoms with Gasteiger partial charge >= 0.3 is 0 Å². The SMILES string of the molecule is O=C(NCc1ccccc1F)C1CCC(O)CC1. The predicted octanol–water partition coefficient (Wildman–Crippen LogP) is 1.99. The molecule has 4 heteroatoms. The van der Waals surface area contributed by atoms with Gasteiger partial charge in [-0.25, -0.2) is 4.39 Å². The predicted molar refractivity (Wildman–Crippen MR) is 66.2 cm³/mol. The molecule has 98 valence electrons. The fourth-order valence-electron chi connectivity index (χ4n) is 2.31. The van der Waals surface area contributed by atoms with Crippen LogP contribution in [0.25, 0.3) is 0 Å². The number of hydrogen-bond donors (Lipinski definition) is 2. The highest BCUT2D eigenvalue weighted by molar-refractivity contribution is 5.78. The average Bonchev–Trinajstić information content (AvgIpc) is 2.38. The summed E-state index contributed by atoms with van der Waals surface area (Å²) in [6.07, 6.45) is 2.52. The van der Waals surface area contributed by atoms with Gasteiger partial charge < -0.3 is 10.4 Å². The lowest BCUT2D eigenvalue weighted by atomic mass is 9.87. The van der Waals surface area contributed by atoms with Crippen LogP contribution >= 0.6 is 0 Å². The van der Waals surface area contributed by atoms with Gasteiger partial charge in [-0.05, 0) is 31.7 Å². The lowest BCUT2D eigenvalue weighted by Crippen LogP contribution is -2.33. The Balaban J connectivity index is 1.83. The maximum atomic E-state index is 13.3. The standard InChI is InChI=1S/C14H18FNO2/c15-13-4-2-1-3-11(13)9-16-14(18)10-5-7-12(17)8-6-10/h1-4,10,12,17H,5-9H2,(H,16,18). The number of amides is 1. The van der Waals surface area contributed by atoms with Crippen LogP contribution in [0.2, 0.25) is 0 Å². The fraction of sp³-hybridized carbons (Fsp3) is 0.500. The molecule has 1 aromatic carbocycles. The van der Waals surface area contributed by atoms with Gasteiger partial charge in [0.1, 0.15) is 5.82 Å². The number of aliphatic hydroxyl groups is 1. The van der Waals surface area contributed by atoms with E-state index in [4.69, 9.17) is 0 Å². The largest absolute Gasteiger partial charge is 0.393 e. The van der Waals surface area contributed by atoms with E-state index in [2.05, 4.69) is 5.32 Å². The molecule has 0 unspecified atom stereocenters. The molecule has 0 aliphatic heterocycles. The molecule has 0 radical (unpaired) electrons. The number of aliphatic hydroxyl groups excluding tert-OH is 1. The minimum Gasteiger partial charge on any atom is -0.393 e. The van der Waals surface area contributed by atoms with Crippen LogP contribution in [0.1, 0.15) is 31.2 Å². The first-order valence-electron chi connectivity index (χ1n) is 6.36. The van der Waals surface area contributed by atoms with Gasteiger partial charge in [0.2, 0.25) is 5.91 Å². The highest BCUT2D eigenvalue weighted by Gasteiger charge is 2.24. The highest BCUT2D eigenvalue weighted by Crippen LogP contribution is 2.24. The van der Waals surface area contributed by atoms with E-state index in [0.717, 1.165) is 0 Å². The van der Waals surface area contributed by atoms with E-state index in [1.54, 1.807) is 18.2 Å². The molecule has 1 saturated carbocycles. The Morgan fingerprint density at radius 1 is 1.28 bits per heavy atom. The fourth-order valence-corrected chi connectivity index (χ4v) is 2.31. The van der Waals surface area contributed by atoms with Gasteiger partial charge in [0.25, 0.3) is 0 Å². The van der Waals surface area contributed by atoms with E-state index in [9.17, 15) is 14.3 Å². The smallest absolute Gasteiger partial charge is 0.223 e. The topological polar surface area (TPSA) is 49.3 Å². The van der Waals surface area contributed by atoms with E-state index in [1.165, 1.54) is 6.07 Å². The van der Waals surface area contributed by atoms with E-state index in [-0.39, 0.29) is 30.3 Å². The van der Waals surface area contributed by atoms with Gasteiger partial charge in [-0.3, -0.25) is 4.79 Å². The summed E-state index contributed by atoms with van der Waals surface area (Å²) in [5.41, 5.74) is 0.502. The maximum Gasteiger partial charge on any atom is 0.223 e. The summed E-state index contributed by atoms with van der Waals surface area (Å²) < 4.78 is 13.3. The number of hydrogen-bond acceptors (Lipinski definition) is 2. The Kier molecular flexibility index (Phi) is 4.31. The average molecular weight is 251 g/mol. The summed E-state index contributed by atoms with van der Waals surface area (Å²) >= 11 is 0. The molecule has 0 heterocycles. The zero-order chi connectivity index (χ0) is 13.0. The van der Waals surface area contributed by atoms with Crippen molar-refractivity contribution in [2.75, 3.05) is 0 Å². The zero-order valence-electron chi connectivity index (χ0n) is 10.2. The number of halogens is 1. The molecule has 3 nitrogen and oxygen atoms in total. The first-order valence-corrected chi connectivity index (χ1v) is 6.36. The second kappa shape index (κ2) is 5.96. The van der Waals surface area contributed by atoms with Crippen LogP contribution in [-0.4, -0.2) is 17.1 Å². The van der Waals surface area contributed by atoms with Crippen LogP contribution < -0.4 is 5.32 Å².